The predicted octanol–water partition coefficient (Wildman–Crippen LogP) is 3.62. The number of thiocarbonyl (C=S) groups is 1. The topological polar surface area (TPSA) is 24.9 Å². The Labute approximate surface area is 118 Å². The number of pyridine rings is 1. The second kappa shape index (κ2) is 6.02. The highest BCUT2D eigenvalue weighted by Crippen LogP contribution is 2.25. The third-order valence-electron chi connectivity index (χ3n) is 2.55. The fourth-order valence-electron chi connectivity index (χ4n) is 1.70. The van der Waals surface area contributed by atoms with E-state index in [4.69, 9.17) is 12.2 Å². The van der Waals surface area contributed by atoms with E-state index >= 15 is 0 Å². The molecule has 1 heterocycles. The molecule has 1 aromatic heterocycles. The number of benzene rings is 1. The van der Waals surface area contributed by atoms with Crippen molar-refractivity contribution >= 4 is 33.6 Å². The summed E-state index contributed by atoms with van der Waals surface area (Å²) in [5.41, 5.74) is 3.41. The molecule has 0 aliphatic rings. The van der Waals surface area contributed by atoms with Crippen LogP contribution in [0.15, 0.2) is 47.2 Å². The first kappa shape index (κ1) is 13.1. The summed E-state index contributed by atoms with van der Waals surface area (Å²) in [4.78, 5) is 3.98. The van der Waals surface area contributed by atoms with Crippen LogP contribution in [0.2, 0.25) is 0 Å². The fourth-order valence-corrected chi connectivity index (χ4v) is 2.23. The van der Waals surface area contributed by atoms with Crippen LogP contribution in [-0.2, 0) is 0 Å². The van der Waals surface area contributed by atoms with Crippen LogP contribution in [0.5, 0.6) is 0 Å². The molecule has 0 saturated carbocycles. The van der Waals surface area contributed by atoms with Crippen LogP contribution in [0.4, 0.5) is 4.39 Å². The van der Waals surface area contributed by atoms with Crippen molar-refractivity contribution in [2.24, 2.45) is 0 Å². The largest absolute Gasteiger partial charge is 0.371 e. The van der Waals surface area contributed by atoms with Crippen LogP contribution in [0.1, 0.15) is 17.2 Å². The van der Waals surface area contributed by atoms with E-state index in [0.717, 1.165) is 11.1 Å². The standard InChI is InChI=1S/C13H10BrFN2S/c14-11-7-10(1-2-12(11)15)13(17-8-18)9-3-5-16-6-4-9/h1-8,13H,(H,17,18). The minimum absolute atomic E-state index is 0.109. The molecule has 2 nitrogen and oxygen atoms in total. The molecular weight excluding hydrogens is 315 g/mol. The Balaban J connectivity index is 2.41. The molecule has 0 aliphatic heterocycles. The highest BCUT2D eigenvalue weighted by Gasteiger charge is 2.13. The van der Waals surface area contributed by atoms with E-state index in [-0.39, 0.29) is 11.9 Å². The lowest BCUT2D eigenvalue weighted by Gasteiger charge is -2.18. The van der Waals surface area contributed by atoms with Gasteiger partial charge in [-0.1, -0.05) is 18.3 Å². The van der Waals surface area contributed by atoms with Crippen LogP contribution in [-0.4, -0.2) is 10.5 Å². The molecule has 0 fully saturated rings. The first-order valence-corrected chi connectivity index (χ1v) is 6.53. The van der Waals surface area contributed by atoms with Crippen molar-refractivity contribution in [2.75, 3.05) is 0 Å². The Kier molecular flexibility index (Phi) is 4.38. The van der Waals surface area contributed by atoms with E-state index in [1.54, 1.807) is 24.5 Å². The average Bonchev–Trinajstić information content (AvgIpc) is 2.40. The van der Waals surface area contributed by atoms with E-state index in [1.165, 1.54) is 11.6 Å². The number of hydrogen-bond acceptors (Lipinski definition) is 2. The van der Waals surface area contributed by atoms with Gasteiger partial charge in [0.05, 0.1) is 16.0 Å². The minimum Gasteiger partial charge on any atom is -0.371 e. The predicted molar refractivity (Wildman–Crippen MR) is 77.0 cm³/mol. The summed E-state index contributed by atoms with van der Waals surface area (Å²) in [6.07, 6.45) is 3.43. The Hall–Kier alpha value is -1.33. The van der Waals surface area contributed by atoms with Crippen molar-refractivity contribution in [1.82, 2.24) is 10.3 Å². The average molecular weight is 325 g/mol. The van der Waals surface area contributed by atoms with Gasteiger partial charge in [-0.3, -0.25) is 4.98 Å². The van der Waals surface area contributed by atoms with Gasteiger partial charge in [0.15, 0.2) is 0 Å². The molecule has 0 saturated heterocycles. The van der Waals surface area contributed by atoms with Gasteiger partial charge in [-0.25, -0.2) is 4.39 Å². The van der Waals surface area contributed by atoms with Gasteiger partial charge in [-0.15, -0.1) is 0 Å². The molecule has 0 bridgehead atoms. The van der Waals surface area contributed by atoms with E-state index in [0.29, 0.717) is 4.47 Å². The zero-order chi connectivity index (χ0) is 13.0. The van der Waals surface area contributed by atoms with Crippen molar-refractivity contribution in [3.8, 4) is 0 Å². The normalized spacial score (nSPS) is 11.9. The quantitative estimate of drug-likeness (QED) is 0.869. The molecule has 0 spiro atoms. The van der Waals surface area contributed by atoms with Crippen LogP contribution in [0.3, 0.4) is 0 Å². The van der Waals surface area contributed by atoms with Gasteiger partial charge in [0, 0.05) is 12.4 Å². The monoisotopic (exact) mass is 324 g/mol. The van der Waals surface area contributed by atoms with Crippen molar-refractivity contribution in [1.29, 1.82) is 0 Å². The molecule has 1 aromatic carbocycles. The molecule has 0 amide bonds. The maximum absolute atomic E-state index is 13.2. The van der Waals surface area contributed by atoms with Gasteiger partial charge in [0.1, 0.15) is 5.82 Å². The highest BCUT2D eigenvalue weighted by atomic mass is 79.9. The molecule has 92 valence electrons. The zero-order valence-corrected chi connectivity index (χ0v) is 11.7. The first-order valence-electron chi connectivity index (χ1n) is 5.27. The van der Waals surface area contributed by atoms with Crippen LogP contribution < -0.4 is 5.32 Å². The summed E-state index contributed by atoms with van der Waals surface area (Å²) in [7, 11) is 0. The third-order valence-corrected chi connectivity index (χ3v) is 3.29. The van der Waals surface area contributed by atoms with Gasteiger partial charge >= 0.3 is 0 Å². The molecule has 2 rings (SSSR count). The van der Waals surface area contributed by atoms with Crippen LogP contribution in [0.25, 0.3) is 0 Å². The SMILES string of the molecule is Fc1ccc(C(NC=S)c2ccncc2)cc1Br. The fraction of sp³-hybridized carbons (Fsp3) is 0.0769. The van der Waals surface area contributed by atoms with E-state index in [2.05, 4.69) is 26.2 Å². The Bertz CT molecular complexity index is 548. The lowest BCUT2D eigenvalue weighted by atomic mass is 10.00. The number of hydrogen-bond donors (Lipinski definition) is 1. The van der Waals surface area contributed by atoms with Crippen LogP contribution in [0, 0.1) is 5.82 Å². The molecule has 1 unspecified atom stereocenters. The number of nitrogens with one attached hydrogen (secondary N) is 1. The molecule has 18 heavy (non-hydrogen) atoms. The van der Waals surface area contributed by atoms with E-state index < -0.39 is 0 Å². The maximum Gasteiger partial charge on any atom is 0.137 e. The highest BCUT2D eigenvalue weighted by molar-refractivity contribution is 9.10. The third kappa shape index (κ3) is 2.91. The summed E-state index contributed by atoms with van der Waals surface area (Å²) in [6.45, 7) is 0. The second-order valence-corrected chi connectivity index (χ2v) is 4.76. The molecule has 1 N–H and O–H groups in total. The second-order valence-electron chi connectivity index (χ2n) is 3.67. The molecule has 1 atom stereocenters. The molecule has 5 heteroatoms. The van der Waals surface area contributed by atoms with Gasteiger partial charge in [0.2, 0.25) is 0 Å². The van der Waals surface area contributed by atoms with Crippen molar-refractivity contribution in [3.05, 3.63) is 64.1 Å². The molecular formula is C13H10BrFN2S. The summed E-state index contributed by atoms with van der Waals surface area (Å²) in [5, 5.41) is 3.08. The smallest absolute Gasteiger partial charge is 0.137 e. The molecule has 0 aliphatic carbocycles. The summed E-state index contributed by atoms with van der Waals surface area (Å²) in [5.74, 6) is -0.283. The number of nitrogens with zero attached hydrogens (tertiary/aromatic N) is 1. The lowest BCUT2D eigenvalue weighted by Crippen LogP contribution is -2.20. The van der Waals surface area contributed by atoms with Gasteiger partial charge in [-0.2, -0.15) is 0 Å². The summed E-state index contributed by atoms with van der Waals surface area (Å²) >= 11 is 8.04. The minimum atomic E-state index is -0.283. The molecule has 2 aromatic rings. The summed E-state index contributed by atoms with van der Waals surface area (Å²) < 4.78 is 13.7. The van der Waals surface area contributed by atoms with E-state index in [9.17, 15) is 4.39 Å². The van der Waals surface area contributed by atoms with Crippen molar-refractivity contribution in [3.63, 3.8) is 0 Å². The summed E-state index contributed by atoms with van der Waals surface area (Å²) in [6, 6.07) is 8.59. The maximum atomic E-state index is 13.2. The first-order chi connectivity index (χ1) is 8.72. The molecule has 0 radical (unpaired) electrons. The van der Waals surface area contributed by atoms with Gasteiger partial charge in [-0.05, 0) is 51.3 Å². The van der Waals surface area contributed by atoms with Crippen LogP contribution >= 0.6 is 28.1 Å². The Morgan fingerprint density at radius 3 is 2.56 bits per heavy atom. The number of rotatable bonds is 4. The van der Waals surface area contributed by atoms with Gasteiger partial charge < -0.3 is 5.32 Å². The van der Waals surface area contributed by atoms with E-state index in [1.807, 2.05) is 12.1 Å². The number of halogens is 2. The Morgan fingerprint density at radius 1 is 1.22 bits per heavy atom. The lowest BCUT2D eigenvalue weighted by molar-refractivity contribution is 0.618. The Morgan fingerprint density at radius 2 is 1.94 bits per heavy atom. The van der Waals surface area contributed by atoms with Gasteiger partial charge in [0.25, 0.3) is 0 Å². The van der Waals surface area contributed by atoms with Crippen molar-refractivity contribution < 1.29 is 4.39 Å². The number of aromatic nitrogens is 1. The zero-order valence-electron chi connectivity index (χ0n) is 9.31. The van der Waals surface area contributed by atoms with Crippen molar-refractivity contribution in [2.45, 2.75) is 6.04 Å².